The second kappa shape index (κ2) is 5.64. The lowest BCUT2D eigenvalue weighted by Gasteiger charge is -2.14. The molecule has 1 aliphatic carbocycles. The molecule has 0 spiro atoms. The average Bonchev–Trinajstić information content (AvgIpc) is 3.24. The van der Waals surface area contributed by atoms with Crippen molar-refractivity contribution in [1.82, 2.24) is 9.97 Å². The molecule has 22 heavy (non-hydrogen) atoms. The summed E-state index contributed by atoms with van der Waals surface area (Å²) < 4.78 is 39.1. The van der Waals surface area contributed by atoms with Gasteiger partial charge in [0.2, 0.25) is 5.95 Å². The third-order valence-corrected chi connectivity index (χ3v) is 3.35. The minimum Gasteiger partial charge on any atom is -0.367 e. The molecule has 1 saturated carbocycles. The fourth-order valence-electron chi connectivity index (χ4n) is 1.92. The van der Waals surface area contributed by atoms with Crippen molar-refractivity contribution in [3.05, 3.63) is 41.0 Å². The fourth-order valence-corrected chi connectivity index (χ4v) is 2.09. The number of halogens is 4. The van der Waals surface area contributed by atoms with Gasteiger partial charge in [0.25, 0.3) is 0 Å². The molecule has 0 amide bonds. The quantitative estimate of drug-likeness (QED) is 0.869. The molecule has 1 aromatic carbocycles. The molecule has 1 heterocycles. The van der Waals surface area contributed by atoms with Crippen molar-refractivity contribution in [2.75, 3.05) is 10.6 Å². The maximum atomic E-state index is 13.0. The zero-order chi connectivity index (χ0) is 15.7. The Labute approximate surface area is 129 Å². The predicted octanol–water partition coefficient (Wildman–Crippen LogP) is 4.47. The van der Waals surface area contributed by atoms with E-state index in [1.807, 2.05) is 0 Å². The van der Waals surface area contributed by atoms with Crippen LogP contribution in [0.5, 0.6) is 0 Å². The van der Waals surface area contributed by atoms with Crippen molar-refractivity contribution in [3.8, 4) is 0 Å². The summed E-state index contributed by atoms with van der Waals surface area (Å²) in [5.41, 5.74) is -0.996. The third-order valence-electron chi connectivity index (χ3n) is 3.12. The summed E-state index contributed by atoms with van der Waals surface area (Å²) in [5.74, 6) is 0.681. The van der Waals surface area contributed by atoms with Crippen molar-refractivity contribution in [1.29, 1.82) is 0 Å². The first-order chi connectivity index (χ1) is 10.4. The summed E-state index contributed by atoms with van der Waals surface area (Å²) in [7, 11) is 0. The van der Waals surface area contributed by atoms with Crippen LogP contribution in [0, 0.1) is 0 Å². The first-order valence-corrected chi connectivity index (χ1v) is 7.03. The van der Waals surface area contributed by atoms with Gasteiger partial charge in [-0.3, -0.25) is 0 Å². The fraction of sp³-hybridized carbons (Fsp3) is 0.286. The Balaban J connectivity index is 1.86. The molecule has 0 atom stereocenters. The van der Waals surface area contributed by atoms with E-state index in [4.69, 9.17) is 11.6 Å². The molecule has 0 unspecified atom stereocenters. The van der Waals surface area contributed by atoms with E-state index in [0.717, 1.165) is 18.9 Å². The largest absolute Gasteiger partial charge is 0.418 e. The molecule has 0 aliphatic heterocycles. The number of anilines is 3. The van der Waals surface area contributed by atoms with E-state index in [0.29, 0.717) is 11.9 Å². The van der Waals surface area contributed by atoms with Gasteiger partial charge in [0.05, 0.1) is 11.3 Å². The van der Waals surface area contributed by atoms with Crippen LogP contribution in [0.2, 0.25) is 5.02 Å². The van der Waals surface area contributed by atoms with Crippen LogP contribution in [-0.4, -0.2) is 16.0 Å². The maximum absolute atomic E-state index is 13.0. The monoisotopic (exact) mass is 328 g/mol. The first-order valence-electron chi connectivity index (χ1n) is 6.65. The molecular weight excluding hydrogens is 317 g/mol. The van der Waals surface area contributed by atoms with Crippen LogP contribution in [0.1, 0.15) is 18.4 Å². The second-order valence-electron chi connectivity index (χ2n) is 5.00. The van der Waals surface area contributed by atoms with E-state index in [-0.39, 0.29) is 16.7 Å². The van der Waals surface area contributed by atoms with Crippen molar-refractivity contribution < 1.29 is 13.2 Å². The van der Waals surface area contributed by atoms with E-state index < -0.39 is 11.7 Å². The van der Waals surface area contributed by atoms with E-state index in [9.17, 15) is 13.2 Å². The first kappa shape index (κ1) is 14.9. The highest BCUT2D eigenvalue weighted by atomic mass is 35.5. The van der Waals surface area contributed by atoms with Crippen LogP contribution < -0.4 is 10.6 Å². The number of nitrogens with zero attached hydrogens (tertiary/aromatic N) is 2. The van der Waals surface area contributed by atoms with Crippen LogP contribution in [0.15, 0.2) is 30.5 Å². The lowest BCUT2D eigenvalue weighted by atomic mass is 10.1. The lowest BCUT2D eigenvalue weighted by molar-refractivity contribution is -0.136. The summed E-state index contributed by atoms with van der Waals surface area (Å²) in [4.78, 5) is 8.11. The van der Waals surface area contributed by atoms with Gasteiger partial charge in [0, 0.05) is 17.3 Å². The van der Waals surface area contributed by atoms with Gasteiger partial charge in [-0.15, -0.1) is 0 Å². The number of alkyl halides is 3. The molecule has 0 saturated heterocycles. The molecule has 0 bridgehead atoms. The summed E-state index contributed by atoms with van der Waals surface area (Å²) in [5, 5.41) is 5.78. The van der Waals surface area contributed by atoms with Gasteiger partial charge >= 0.3 is 6.18 Å². The second-order valence-corrected chi connectivity index (χ2v) is 5.43. The van der Waals surface area contributed by atoms with Crippen molar-refractivity contribution >= 4 is 29.1 Å². The normalized spacial score (nSPS) is 14.7. The molecule has 3 rings (SSSR count). The van der Waals surface area contributed by atoms with Gasteiger partial charge in [0.15, 0.2) is 0 Å². The molecular formula is C14H12ClF3N4. The van der Waals surface area contributed by atoms with E-state index >= 15 is 0 Å². The molecule has 0 radical (unpaired) electrons. The number of benzene rings is 1. The lowest BCUT2D eigenvalue weighted by Crippen LogP contribution is -2.10. The summed E-state index contributed by atoms with van der Waals surface area (Å²) in [6.07, 6.45) is -0.884. The summed E-state index contributed by atoms with van der Waals surface area (Å²) >= 11 is 5.65. The van der Waals surface area contributed by atoms with Gasteiger partial charge in [0.1, 0.15) is 5.82 Å². The van der Waals surface area contributed by atoms with E-state index in [1.165, 1.54) is 18.3 Å². The number of hydrogen-bond donors (Lipinski definition) is 2. The zero-order valence-electron chi connectivity index (χ0n) is 11.3. The highest BCUT2D eigenvalue weighted by Crippen LogP contribution is 2.37. The molecule has 2 N–H and O–H groups in total. The topological polar surface area (TPSA) is 49.8 Å². The maximum Gasteiger partial charge on any atom is 0.418 e. The minimum absolute atomic E-state index is 0.0166. The predicted molar refractivity (Wildman–Crippen MR) is 78.4 cm³/mol. The van der Waals surface area contributed by atoms with Crippen LogP contribution >= 0.6 is 11.6 Å². The van der Waals surface area contributed by atoms with Gasteiger partial charge in [-0.05, 0) is 37.1 Å². The zero-order valence-corrected chi connectivity index (χ0v) is 12.0. The highest BCUT2D eigenvalue weighted by molar-refractivity contribution is 6.30. The van der Waals surface area contributed by atoms with E-state index in [2.05, 4.69) is 20.6 Å². The SMILES string of the molecule is FC(F)(F)c1cc(Cl)ccc1Nc1nccc(NC2CC2)n1. The third kappa shape index (κ3) is 3.59. The number of aromatic nitrogens is 2. The van der Waals surface area contributed by atoms with Crippen molar-refractivity contribution in [2.45, 2.75) is 25.1 Å². The standard InChI is InChI=1S/C14H12ClF3N4/c15-8-1-4-11(10(7-8)14(16,17)18)21-13-19-6-5-12(22-13)20-9-2-3-9/h1,4-7,9H,2-3H2,(H2,19,20,21,22). The molecule has 8 heteroatoms. The van der Waals surface area contributed by atoms with Gasteiger partial charge in [-0.2, -0.15) is 18.2 Å². The Kier molecular flexibility index (Phi) is 3.82. The molecule has 1 aliphatic rings. The van der Waals surface area contributed by atoms with Crippen LogP contribution in [-0.2, 0) is 6.18 Å². The number of hydrogen-bond acceptors (Lipinski definition) is 4. The van der Waals surface area contributed by atoms with Crippen LogP contribution in [0.25, 0.3) is 0 Å². The summed E-state index contributed by atoms with van der Waals surface area (Å²) in [6, 6.07) is 5.58. The van der Waals surface area contributed by atoms with E-state index in [1.54, 1.807) is 6.07 Å². The van der Waals surface area contributed by atoms with Gasteiger partial charge in [-0.25, -0.2) is 4.98 Å². The number of nitrogens with one attached hydrogen (secondary N) is 2. The Morgan fingerprint density at radius 2 is 1.95 bits per heavy atom. The molecule has 116 valence electrons. The van der Waals surface area contributed by atoms with Crippen molar-refractivity contribution in [3.63, 3.8) is 0 Å². The highest BCUT2D eigenvalue weighted by Gasteiger charge is 2.34. The van der Waals surface area contributed by atoms with Gasteiger partial charge in [-0.1, -0.05) is 11.6 Å². The molecule has 1 aromatic heterocycles. The smallest absolute Gasteiger partial charge is 0.367 e. The van der Waals surface area contributed by atoms with Crippen LogP contribution in [0.3, 0.4) is 0 Å². The minimum atomic E-state index is -4.52. The Morgan fingerprint density at radius 3 is 2.64 bits per heavy atom. The van der Waals surface area contributed by atoms with Crippen molar-refractivity contribution in [2.24, 2.45) is 0 Å². The van der Waals surface area contributed by atoms with Crippen LogP contribution in [0.4, 0.5) is 30.6 Å². The molecule has 2 aromatic rings. The summed E-state index contributed by atoms with van der Waals surface area (Å²) in [6.45, 7) is 0. The molecule has 4 nitrogen and oxygen atoms in total. The van der Waals surface area contributed by atoms with Gasteiger partial charge < -0.3 is 10.6 Å². The Morgan fingerprint density at radius 1 is 1.18 bits per heavy atom. The molecule has 1 fully saturated rings. The number of rotatable bonds is 4. The Hall–Kier alpha value is -2.02. The average molecular weight is 329 g/mol. The Bertz CT molecular complexity index is 686.